The van der Waals surface area contributed by atoms with Crippen molar-refractivity contribution in [2.24, 2.45) is 0 Å². The van der Waals surface area contributed by atoms with E-state index in [1.165, 1.54) is 16.7 Å². The van der Waals surface area contributed by atoms with Crippen molar-refractivity contribution in [3.8, 4) is 0 Å². The highest BCUT2D eigenvalue weighted by atomic mass is 79.9. The van der Waals surface area contributed by atoms with Gasteiger partial charge in [0.1, 0.15) is 5.76 Å². The van der Waals surface area contributed by atoms with Crippen LogP contribution in [0.4, 0.5) is 0 Å². The lowest BCUT2D eigenvalue weighted by atomic mass is 10.1. The van der Waals surface area contributed by atoms with Crippen molar-refractivity contribution in [2.75, 3.05) is 0 Å². The minimum Gasteiger partial charge on any atom is -0.468 e. The van der Waals surface area contributed by atoms with Crippen molar-refractivity contribution in [3.63, 3.8) is 0 Å². The van der Waals surface area contributed by atoms with E-state index in [0.717, 1.165) is 5.76 Å². The average molecular weight is 265 g/mol. The molecule has 2 aromatic rings. The molecule has 1 aromatic heterocycles. The Kier molecular flexibility index (Phi) is 2.96. The summed E-state index contributed by atoms with van der Waals surface area (Å²) in [4.78, 5) is 0.146. The maximum absolute atomic E-state index is 5.46. The summed E-state index contributed by atoms with van der Waals surface area (Å²) < 4.78 is 5.46. The zero-order chi connectivity index (χ0) is 10.8. The summed E-state index contributed by atoms with van der Waals surface area (Å²) >= 11 is 3.65. The second kappa shape index (κ2) is 4.23. The number of hydrogen-bond donors (Lipinski definition) is 0. The molecule has 0 aliphatic rings. The Labute approximate surface area is 98.2 Å². The van der Waals surface area contributed by atoms with Crippen LogP contribution in [-0.2, 0) is 0 Å². The Morgan fingerprint density at radius 2 is 1.73 bits per heavy atom. The van der Waals surface area contributed by atoms with Crippen molar-refractivity contribution in [3.05, 3.63) is 59.0 Å². The first-order chi connectivity index (χ1) is 7.18. The first-order valence-electron chi connectivity index (χ1n) is 4.93. The molecule has 0 bridgehead atoms. The summed E-state index contributed by atoms with van der Waals surface area (Å²) in [6.07, 6.45) is 1.73. The van der Waals surface area contributed by atoms with E-state index >= 15 is 0 Å². The monoisotopic (exact) mass is 264 g/mol. The molecule has 1 atom stereocenters. The minimum absolute atomic E-state index is 0.146. The largest absolute Gasteiger partial charge is 0.468 e. The van der Waals surface area contributed by atoms with E-state index in [-0.39, 0.29) is 4.83 Å². The van der Waals surface area contributed by atoms with Crippen LogP contribution in [0.3, 0.4) is 0 Å². The van der Waals surface area contributed by atoms with E-state index < -0.39 is 0 Å². The quantitative estimate of drug-likeness (QED) is 0.734. The SMILES string of the molecule is Cc1ccc(C(Br)c2occc2C)cc1. The number of hydrogen-bond acceptors (Lipinski definition) is 1. The number of rotatable bonds is 2. The Hall–Kier alpha value is -1.02. The first kappa shape index (κ1) is 10.5. The van der Waals surface area contributed by atoms with Gasteiger partial charge < -0.3 is 4.42 Å². The van der Waals surface area contributed by atoms with Gasteiger partial charge in [-0.25, -0.2) is 0 Å². The van der Waals surface area contributed by atoms with Crippen LogP contribution in [0.15, 0.2) is 41.0 Å². The lowest BCUT2D eigenvalue weighted by molar-refractivity contribution is 0.517. The number of benzene rings is 1. The molecule has 78 valence electrons. The van der Waals surface area contributed by atoms with Crippen LogP contribution in [-0.4, -0.2) is 0 Å². The third-order valence-corrected chi connectivity index (χ3v) is 3.45. The molecule has 0 N–H and O–H groups in total. The third-order valence-electron chi connectivity index (χ3n) is 2.50. The second-order valence-corrected chi connectivity index (χ2v) is 4.66. The first-order valence-corrected chi connectivity index (χ1v) is 5.84. The molecule has 15 heavy (non-hydrogen) atoms. The molecule has 0 radical (unpaired) electrons. The Bertz CT molecular complexity index is 442. The van der Waals surface area contributed by atoms with Crippen molar-refractivity contribution in [1.82, 2.24) is 0 Å². The smallest absolute Gasteiger partial charge is 0.124 e. The summed E-state index contributed by atoms with van der Waals surface area (Å²) in [5, 5.41) is 0. The van der Waals surface area contributed by atoms with E-state index in [2.05, 4.69) is 54.0 Å². The highest BCUT2D eigenvalue weighted by molar-refractivity contribution is 9.09. The minimum atomic E-state index is 0.146. The highest BCUT2D eigenvalue weighted by Crippen LogP contribution is 2.33. The molecule has 1 aromatic carbocycles. The topological polar surface area (TPSA) is 13.1 Å². The molecule has 0 aliphatic carbocycles. The highest BCUT2D eigenvalue weighted by Gasteiger charge is 2.15. The van der Waals surface area contributed by atoms with Gasteiger partial charge in [-0.1, -0.05) is 45.8 Å². The summed E-state index contributed by atoms with van der Waals surface area (Å²) in [5.74, 6) is 0.985. The molecule has 1 unspecified atom stereocenters. The number of halogens is 1. The van der Waals surface area contributed by atoms with Crippen molar-refractivity contribution >= 4 is 15.9 Å². The standard InChI is InChI=1S/C13H13BrO/c1-9-3-5-11(6-4-9)12(14)13-10(2)7-8-15-13/h3-8,12H,1-2H3. The number of aryl methyl sites for hydroxylation is 2. The van der Waals surface area contributed by atoms with E-state index in [1.807, 2.05) is 6.07 Å². The predicted molar refractivity (Wildman–Crippen MR) is 65.4 cm³/mol. The van der Waals surface area contributed by atoms with Gasteiger partial charge in [-0.2, -0.15) is 0 Å². The molecule has 2 heteroatoms. The van der Waals surface area contributed by atoms with Crippen LogP contribution >= 0.6 is 15.9 Å². The van der Waals surface area contributed by atoms with Crippen LogP contribution in [0.25, 0.3) is 0 Å². The van der Waals surface area contributed by atoms with Crippen LogP contribution in [0.5, 0.6) is 0 Å². The Morgan fingerprint density at radius 3 is 2.27 bits per heavy atom. The molecule has 0 saturated carbocycles. The van der Waals surface area contributed by atoms with Gasteiger partial charge in [-0.05, 0) is 31.0 Å². The molecular weight excluding hydrogens is 252 g/mol. The molecule has 1 heterocycles. The van der Waals surface area contributed by atoms with Gasteiger partial charge in [-0.15, -0.1) is 0 Å². The molecule has 0 fully saturated rings. The average Bonchev–Trinajstić information content (AvgIpc) is 2.65. The maximum Gasteiger partial charge on any atom is 0.124 e. The molecule has 2 rings (SSSR count). The van der Waals surface area contributed by atoms with Gasteiger partial charge in [0.05, 0.1) is 11.1 Å². The van der Waals surface area contributed by atoms with E-state index in [0.29, 0.717) is 0 Å². The molecule has 0 amide bonds. The zero-order valence-electron chi connectivity index (χ0n) is 8.83. The third kappa shape index (κ3) is 2.15. The zero-order valence-corrected chi connectivity index (χ0v) is 10.4. The van der Waals surface area contributed by atoms with Gasteiger partial charge in [-0.3, -0.25) is 0 Å². The number of furan rings is 1. The summed E-state index contributed by atoms with van der Waals surface area (Å²) in [6.45, 7) is 4.15. The van der Waals surface area contributed by atoms with Crippen LogP contribution in [0.2, 0.25) is 0 Å². The van der Waals surface area contributed by atoms with Crippen molar-refractivity contribution in [1.29, 1.82) is 0 Å². The van der Waals surface area contributed by atoms with Gasteiger partial charge in [0.2, 0.25) is 0 Å². The Balaban J connectivity index is 2.32. The summed E-state index contributed by atoms with van der Waals surface area (Å²) in [5.41, 5.74) is 3.67. The normalized spacial score (nSPS) is 12.7. The van der Waals surface area contributed by atoms with E-state index in [1.54, 1.807) is 6.26 Å². The van der Waals surface area contributed by atoms with Gasteiger partial charge >= 0.3 is 0 Å². The lowest BCUT2D eigenvalue weighted by Crippen LogP contribution is -1.92. The molecular formula is C13H13BrO. The van der Waals surface area contributed by atoms with Crippen LogP contribution in [0.1, 0.15) is 27.3 Å². The molecule has 0 saturated heterocycles. The van der Waals surface area contributed by atoms with Gasteiger partial charge in [0, 0.05) is 0 Å². The maximum atomic E-state index is 5.46. The van der Waals surface area contributed by atoms with Crippen molar-refractivity contribution < 1.29 is 4.42 Å². The van der Waals surface area contributed by atoms with Crippen LogP contribution in [0, 0.1) is 13.8 Å². The fourth-order valence-electron chi connectivity index (χ4n) is 1.53. The van der Waals surface area contributed by atoms with Crippen LogP contribution < -0.4 is 0 Å². The summed E-state index contributed by atoms with van der Waals surface area (Å²) in [7, 11) is 0. The number of alkyl halides is 1. The lowest BCUT2D eigenvalue weighted by Gasteiger charge is -2.08. The van der Waals surface area contributed by atoms with E-state index in [4.69, 9.17) is 4.42 Å². The molecule has 0 spiro atoms. The predicted octanol–water partition coefficient (Wildman–Crippen LogP) is 4.38. The van der Waals surface area contributed by atoms with Gasteiger partial charge in [0.15, 0.2) is 0 Å². The van der Waals surface area contributed by atoms with E-state index in [9.17, 15) is 0 Å². The Morgan fingerprint density at radius 1 is 1.07 bits per heavy atom. The second-order valence-electron chi connectivity index (χ2n) is 3.74. The molecule has 1 nitrogen and oxygen atoms in total. The molecule has 0 aliphatic heterocycles. The fraction of sp³-hybridized carbons (Fsp3) is 0.231. The van der Waals surface area contributed by atoms with Gasteiger partial charge in [0.25, 0.3) is 0 Å². The fourth-order valence-corrected chi connectivity index (χ4v) is 2.31. The van der Waals surface area contributed by atoms with Crippen molar-refractivity contribution in [2.45, 2.75) is 18.7 Å². The summed E-state index contributed by atoms with van der Waals surface area (Å²) in [6, 6.07) is 10.5.